The number of rotatable bonds is 8. The van der Waals surface area contributed by atoms with Gasteiger partial charge in [0.1, 0.15) is 0 Å². The summed E-state index contributed by atoms with van der Waals surface area (Å²) in [4.78, 5) is 4.42. The number of nitrogens with two attached hydrogens (primary N) is 1. The number of halogens is 1. The van der Waals surface area contributed by atoms with Crippen LogP contribution in [0.3, 0.4) is 0 Å². The summed E-state index contributed by atoms with van der Waals surface area (Å²) < 4.78 is 10.9. The van der Waals surface area contributed by atoms with Crippen LogP contribution in [0.25, 0.3) is 0 Å². The Balaban J connectivity index is 0.00000288. The van der Waals surface area contributed by atoms with Gasteiger partial charge in [-0.1, -0.05) is 12.5 Å². The molecule has 3 N–H and O–H groups in total. The Morgan fingerprint density at radius 1 is 1.38 bits per heavy atom. The molecule has 0 aromatic heterocycles. The van der Waals surface area contributed by atoms with Gasteiger partial charge in [-0.05, 0) is 42.9 Å². The molecule has 1 aromatic rings. The highest BCUT2D eigenvalue weighted by Crippen LogP contribution is 2.33. The highest BCUT2D eigenvalue weighted by atomic mass is 127. The minimum atomic E-state index is 0. The molecule has 0 spiro atoms. The Morgan fingerprint density at radius 2 is 2.12 bits per heavy atom. The number of nitrogens with zero attached hydrogens (tertiary/aromatic N) is 1. The van der Waals surface area contributed by atoms with Crippen molar-refractivity contribution in [3.05, 3.63) is 35.9 Å². The first kappa shape index (κ1) is 20.6. The van der Waals surface area contributed by atoms with Crippen molar-refractivity contribution in [3.8, 4) is 11.5 Å². The van der Waals surface area contributed by atoms with Crippen molar-refractivity contribution in [2.75, 3.05) is 20.8 Å². The van der Waals surface area contributed by atoms with E-state index < -0.39 is 0 Å². The van der Waals surface area contributed by atoms with E-state index in [9.17, 15) is 0 Å². The number of methoxy groups -OCH3 is 2. The SMILES string of the molecule is C=CCc1cc(CN=C(N)NCC2CCC2)cc(OC)c1OC.I. The molecule has 0 aliphatic heterocycles. The molecule has 1 saturated carbocycles. The third-order valence-corrected chi connectivity index (χ3v) is 4.21. The average molecular weight is 445 g/mol. The molecule has 0 radical (unpaired) electrons. The quantitative estimate of drug-likeness (QED) is 0.279. The van der Waals surface area contributed by atoms with E-state index in [2.05, 4.69) is 23.0 Å². The minimum Gasteiger partial charge on any atom is -0.493 e. The fourth-order valence-corrected chi connectivity index (χ4v) is 2.68. The molecule has 1 fully saturated rings. The van der Waals surface area contributed by atoms with Crippen LogP contribution in [0.4, 0.5) is 0 Å². The fourth-order valence-electron chi connectivity index (χ4n) is 2.68. The highest BCUT2D eigenvalue weighted by molar-refractivity contribution is 14.0. The van der Waals surface area contributed by atoms with Crippen LogP contribution in [0.2, 0.25) is 0 Å². The first-order valence-corrected chi connectivity index (χ1v) is 8.06. The van der Waals surface area contributed by atoms with Gasteiger partial charge < -0.3 is 20.5 Å². The summed E-state index contributed by atoms with van der Waals surface area (Å²) in [5.41, 5.74) is 8.01. The third-order valence-electron chi connectivity index (χ3n) is 4.21. The van der Waals surface area contributed by atoms with E-state index in [1.165, 1.54) is 19.3 Å². The molecular formula is C18H28IN3O2. The first-order chi connectivity index (χ1) is 11.2. The Labute approximate surface area is 161 Å². The van der Waals surface area contributed by atoms with Gasteiger partial charge in [0.05, 0.1) is 20.8 Å². The second kappa shape index (κ2) is 10.4. The maximum atomic E-state index is 5.94. The molecule has 24 heavy (non-hydrogen) atoms. The summed E-state index contributed by atoms with van der Waals surface area (Å²) in [6, 6.07) is 4.00. The average Bonchev–Trinajstić information content (AvgIpc) is 2.51. The van der Waals surface area contributed by atoms with Crippen LogP contribution < -0.4 is 20.5 Å². The number of hydrogen-bond acceptors (Lipinski definition) is 3. The second-order valence-corrected chi connectivity index (χ2v) is 5.86. The summed E-state index contributed by atoms with van der Waals surface area (Å²) in [7, 11) is 3.28. The Hall–Kier alpha value is -1.44. The van der Waals surface area contributed by atoms with Crippen molar-refractivity contribution in [2.45, 2.75) is 32.2 Å². The van der Waals surface area contributed by atoms with E-state index in [0.29, 0.717) is 24.7 Å². The lowest BCUT2D eigenvalue weighted by molar-refractivity contribution is 0.315. The molecule has 134 valence electrons. The standard InChI is InChI=1S/C18H27N3O2.HI/c1-4-6-15-9-14(10-16(22-2)17(15)23-3)12-21-18(19)20-11-13-7-5-8-13;/h4,9-10,13H,1,5-8,11-12H2,2-3H3,(H3,19,20,21);1H. The van der Waals surface area contributed by atoms with Gasteiger partial charge in [-0.15, -0.1) is 30.6 Å². The Morgan fingerprint density at radius 3 is 2.67 bits per heavy atom. The van der Waals surface area contributed by atoms with Crippen LogP contribution in [0.5, 0.6) is 11.5 Å². The van der Waals surface area contributed by atoms with E-state index in [4.69, 9.17) is 15.2 Å². The van der Waals surface area contributed by atoms with Gasteiger partial charge in [-0.25, -0.2) is 4.99 Å². The van der Waals surface area contributed by atoms with Gasteiger partial charge in [0.2, 0.25) is 0 Å². The van der Waals surface area contributed by atoms with Crippen molar-refractivity contribution in [1.82, 2.24) is 5.32 Å². The predicted octanol–water partition coefficient (Wildman–Crippen LogP) is 3.25. The zero-order chi connectivity index (χ0) is 16.7. The summed E-state index contributed by atoms with van der Waals surface area (Å²) in [5, 5.41) is 3.20. The second-order valence-electron chi connectivity index (χ2n) is 5.86. The molecular weight excluding hydrogens is 417 g/mol. The van der Waals surface area contributed by atoms with E-state index in [-0.39, 0.29) is 24.0 Å². The molecule has 6 heteroatoms. The largest absolute Gasteiger partial charge is 0.493 e. The van der Waals surface area contributed by atoms with Crippen LogP contribution in [0.15, 0.2) is 29.8 Å². The predicted molar refractivity (Wildman–Crippen MR) is 110 cm³/mol. The number of guanidine groups is 1. The number of hydrogen-bond donors (Lipinski definition) is 2. The molecule has 0 heterocycles. The number of allylic oxidation sites excluding steroid dienone is 1. The topological polar surface area (TPSA) is 68.9 Å². The van der Waals surface area contributed by atoms with E-state index in [0.717, 1.165) is 29.3 Å². The molecule has 2 rings (SSSR count). The van der Waals surface area contributed by atoms with Crippen LogP contribution in [0.1, 0.15) is 30.4 Å². The molecule has 0 saturated heterocycles. The summed E-state index contributed by atoms with van der Waals surface area (Å²) >= 11 is 0. The fraction of sp³-hybridized carbons (Fsp3) is 0.500. The van der Waals surface area contributed by atoms with Gasteiger partial charge in [0, 0.05) is 12.1 Å². The smallest absolute Gasteiger partial charge is 0.188 e. The molecule has 5 nitrogen and oxygen atoms in total. The van der Waals surface area contributed by atoms with E-state index in [1.807, 2.05) is 12.1 Å². The number of nitrogens with one attached hydrogen (secondary N) is 1. The van der Waals surface area contributed by atoms with Gasteiger partial charge in [0.15, 0.2) is 17.5 Å². The molecule has 0 atom stereocenters. The van der Waals surface area contributed by atoms with Crippen LogP contribution >= 0.6 is 24.0 Å². The normalized spacial score (nSPS) is 14.3. The van der Waals surface area contributed by atoms with Crippen molar-refractivity contribution in [3.63, 3.8) is 0 Å². The summed E-state index contributed by atoms with van der Waals surface area (Å²) in [6.07, 6.45) is 6.48. The lowest BCUT2D eigenvalue weighted by Gasteiger charge is -2.25. The van der Waals surface area contributed by atoms with E-state index in [1.54, 1.807) is 14.2 Å². The molecule has 1 aliphatic rings. The highest BCUT2D eigenvalue weighted by Gasteiger charge is 2.17. The zero-order valence-corrected chi connectivity index (χ0v) is 16.8. The van der Waals surface area contributed by atoms with Crippen LogP contribution in [-0.2, 0) is 13.0 Å². The number of benzene rings is 1. The lowest BCUT2D eigenvalue weighted by atomic mass is 9.85. The summed E-state index contributed by atoms with van der Waals surface area (Å²) in [5.74, 6) is 2.70. The monoisotopic (exact) mass is 445 g/mol. The minimum absolute atomic E-state index is 0. The molecule has 1 aliphatic carbocycles. The number of aliphatic imine (C=N–C) groups is 1. The van der Waals surface area contributed by atoms with Crippen LogP contribution in [-0.4, -0.2) is 26.7 Å². The van der Waals surface area contributed by atoms with Crippen molar-refractivity contribution in [2.24, 2.45) is 16.6 Å². The zero-order valence-electron chi connectivity index (χ0n) is 14.5. The van der Waals surface area contributed by atoms with Crippen molar-refractivity contribution >= 4 is 29.9 Å². The summed E-state index contributed by atoms with van der Waals surface area (Å²) in [6.45, 7) is 5.22. The molecule has 1 aromatic carbocycles. The van der Waals surface area contributed by atoms with Gasteiger partial charge in [0.25, 0.3) is 0 Å². The maximum absolute atomic E-state index is 5.94. The third kappa shape index (κ3) is 5.58. The first-order valence-electron chi connectivity index (χ1n) is 8.06. The van der Waals surface area contributed by atoms with Gasteiger partial charge in [-0.3, -0.25) is 0 Å². The van der Waals surface area contributed by atoms with Crippen LogP contribution in [0, 0.1) is 5.92 Å². The Kier molecular flexibility index (Phi) is 8.95. The Bertz CT molecular complexity index is 572. The number of ether oxygens (including phenoxy) is 2. The molecule has 0 amide bonds. The molecule has 0 bridgehead atoms. The van der Waals surface area contributed by atoms with Crippen molar-refractivity contribution < 1.29 is 9.47 Å². The maximum Gasteiger partial charge on any atom is 0.188 e. The van der Waals surface area contributed by atoms with Gasteiger partial charge in [-0.2, -0.15) is 0 Å². The van der Waals surface area contributed by atoms with Crippen molar-refractivity contribution in [1.29, 1.82) is 0 Å². The van der Waals surface area contributed by atoms with Gasteiger partial charge >= 0.3 is 0 Å². The van der Waals surface area contributed by atoms with E-state index >= 15 is 0 Å². The lowest BCUT2D eigenvalue weighted by Crippen LogP contribution is -2.37. The molecule has 0 unspecified atom stereocenters.